The van der Waals surface area contributed by atoms with Crippen LogP contribution in [-0.2, 0) is 9.84 Å². The largest absolute Gasteiger partial charge is 0.354 e. The lowest BCUT2D eigenvalue weighted by atomic mass is 9.82. The zero-order valence-electron chi connectivity index (χ0n) is 15.3. The van der Waals surface area contributed by atoms with Crippen molar-refractivity contribution >= 4 is 15.8 Å². The third-order valence-corrected chi connectivity index (χ3v) is 8.63. The van der Waals surface area contributed by atoms with Gasteiger partial charge in [-0.2, -0.15) is 0 Å². The van der Waals surface area contributed by atoms with Gasteiger partial charge in [0.15, 0.2) is 15.8 Å². The molecule has 0 spiro atoms. The van der Waals surface area contributed by atoms with Crippen LogP contribution in [0.15, 0.2) is 4.99 Å². The van der Waals surface area contributed by atoms with Crippen LogP contribution in [0.2, 0.25) is 0 Å². The summed E-state index contributed by atoms with van der Waals surface area (Å²) in [6, 6.07) is 0.564. The quantitative estimate of drug-likeness (QED) is 0.615. The fourth-order valence-electron chi connectivity index (χ4n) is 5.30. The van der Waals surface area contributed by atoms with Crippen molar-refractivity contribution < 1.29 is 8.42 Å². The first-order chi connectivity index (χ1) is 12.1. The van der Waals surface area contributed by atoms with Crippen LogP contribution in [0.3, 0.4) is 0 Å². The minimum atomic E-state index is -2.81. The first-order valence-electron chi connectivity index (χ1n) is 10.4. The lowest BCUT2D eigenvalue weighted by molar-refractivity contribution is 0.299. The molecule has 6 heteroatoms. The zero-order chi connectivity index (χ0) is 17.3. The Morgan fingerprint density at radius 1 is 0.960 bits per heavy atom. The van der Waals surface area contributed by atoms with Gasteiger partial charge in [-0.25, -0.2) is 8.42 Å². The summed E-state index contributed by atoms with van der Waals surface area (Å²) in [5.74, 6) is 3.67. The molecule has 0 aromatic rings. The Hall–Kier alpha value is -0.780. The van der Waals surface area contributed by atoms with Crippen LogP contribution < -0.4 is 5.32 Å². The molecule has 2 saturated heterocycles. The molecular formula is C19H33N3O2S. The molecule has 4 rings (SSSR count). The van der Waals surface area contributed by atoms with Crippen LogP contribution in [0.1, 0.15) is 57.8 Å². The number of hydrogen-bond donors (Lipinski definition) is 1. The van der Waals surface area contributed by atoms with Gasteiger partial charge in [0.05, 0.1) is 11.5 Å². The van der Waals surface area contributed by atoms with Crippen molar-refractivity contribution in [2.45, 2.75) is 63.8 Å². The maximum atomic E-state index is 11.7. The van der Waals surface area contributed by atoms with Gasteiger partial charge in [0.25, 0.3) is 0 Å². The number of hydrogen-bond acceptors (Lipinski definition) is 3. The van der Waals surface area contributed by atoms with E-state index in [2.05, 4.69) is 10.2 Å². The van der Waals surface area contributed by atoms with Crippen LogP contribution in [0, 0.1) is 17.8 Å². The normalized spacial score (nSPS) is 35.9. The van der Waals surface area contributed by atoms with Gasteiger partial charge in [0.1, 0.15) is 0 Å². The van der Waals surface area contributed by atoms with E-state index in [9.17, 15) is 8.42 Å². The molecule has 2 aliphatic heterocycles. The maximum absolute atomic E-state index is 11.7. The highest BCUT2D eigenvalue weighted by Gasteiger charge is 2.36. The second-order valence-corrected chi connectivity index (χ2v) is 11.0. The zero-order valence-corrected chi connectivity index (χ0v) is 16.1. The molecule has 142 valence electrons. The minimum Gasteiger partial charge on any atom is -0.354 e. The molecule has 0 amide bonds. The molecule has 2 saturated carbocycles. The van der Waals surface area contributed by atoms with E-state index in [0.29, 0.717) is 24.1 Å². The second kappa shape index (κ2) is 7.45. The van der Waals surface area contributed by atoms with Gasteiger partial charge < -0.3 is 10.2 Å². The number of likely N-dealkylation sites (tertiary alicyclic amines) is 1. The molecule has 5 nitrogen and oxygen atoms in total. The van der Waals surface area contributed by atoms with Gasteiger partial charge in [-0.15, -0.1) is 0 Å². The van der Waals surface area contributed by atoms with Crippen molar-refractivity contribution in [2.24, 2.45) is 22.7 Å². The molecule has 0 aromatic carbocycles. The number of guanidine groups is 1. The number of fused-ring (bicyclic) bond motifs is 1. The molecule has 0 radical (unpaired) electrons. The van der Waals surface area contributed by atoms with Crippen LogP contribution >= 0.6 is 0 Å². The van der Waals surface area contributed by atoms with E-state index in [4.69, 9.17) is 4.99 Å². The van der Waals surface area contributed by atoms with Gasteiger partial charge in [0.2, 0.25) is 0 Å². The summed E-state index contributed by atoms with van der Waals surface area (Å²) in [5.41, 5.74) is 0. The third-order valence-electron chi connectivity index (χ3n) is 6.79. The molecule has 0 bridgehead atoms. The Balaban J connectivity index is 1.43. The summed E-state index contributed by atoms with van der Waals surface area (Å²) in [6.45, 7) is 2.96. The molecular weight excluding hydrogens is 334 g/mol. The maximum Gasteiger partial charge on any atom is 0.194 e. The van der Waals surface area contributed by atoms with E-state index >= 15 is 0 Å². The Kier molecular flexibility index (Phi) is 5.25. The van der Waals surface area contributed by atoms with Gasteiger partial charge in [-0.3, -0.25) is 4.99 Å². The van der Waals surface area contributed by atoms with Gasteiger partial charge in [-0.05, 0) is 49.9 Å². The Morgan fingerprint density at radius 2 is 1.60 bits per heavy atom. The number of rotatable bonds is 3. The van der Waals surface area contributed by atoms with Crippen LogP contribution in [0.4, 0.5) is 0 Å². The van der Waals surface area contributed by atoms with Crippen LogP contribution in [0.5, 0.6) is 0 Å². The smallest absolute Gasteiger partial charge is 0.194 e. The SMILES string of the molecule is O=S1(=O)CCC(CN=C(NC2CCCC2)N2CC3CCCCC3C2)C1. The third kappa shape index (κ3) is 4.32. The predicted octanol–water partition coefficient (Wildman–Crippen LogP) is 2.43. The minimum absolute atomic E-state index is 0.218. The first kappa shape index (κ1) is 17.6. The second-order valence-electron chi connectivity index (χ2n) is 8.77. The highest BCUT2D eigenvalue weighted by Crippen LogP contribution is 2.36. The summed E-state index contributed by atoms with van der Waals surface area (Å²) in [6.07, 6.45) is 11.4. The van der Waals surface area contributed by atoms with E-state index in [1.54, 1.807) is 0 Å². The summed E-state index contributed by atoms with van der Waals surface area (Å²) in [7, 11) is -2.81. The van der Waals surface area contributed by atoms with E-state index in [0.717, 1.165) is 37.3 Å². The Bertz CT molecular complexity index is 584. The van der Waals surface area contributed by atoms with E-state index in [1.807, 2.05) is 0 Å². The van der Waals surface area contributed by atoms with Crippen molar-refractivity contribution in [3.8, 4) is 0 Å². The lowest BCUT2D eigenvalue weighted by Crippen LogP contribution is -2.44. The molecule has 4 aliphatic rings. The monoisotopic (exact) mass is 367 g/mol. The van der Waals surface area contributed by atoms with Gasteiger partial charge in [0, 0.05) is 25.7 Å². The number of aliphatic imine (C=N–C) groups is 1. The van der Waals surface area contributed by atoms with Crippen molar-refractivity contribution in [3.05, 3.63) is 0 Å². The number of sulfone groups is 1. The molecule has 3 unspecified atom stereocenters. The number of nitrogens with one attached hydrogen (secondary N) is 1. The van der Waals surface area contributed by atoms with Crippen molar-refractivity contribution in [2.75, 3.05) is 31.1 Å². The molecule has 25 heavy (non-hydrogen) atoms. The number of nitrogens with zero attached hydrogens (tertiary/aromatic N) is 2. The van der Waals surface area contributed by atoms with E-state index in [-0.39, 0.29) is 5.92 Å². The summed E-state index contributed by atoms with van der Waals surface area (Å²) in [5, 5.41) is 3.74. The topological polar surface area (TPSA) is 61.8 Å². The van der Waals surface area contributed by atoms with Gasteiger partial charge in [-0.1, -0.05) is 25.7 Å². The molecule has 2 aliphatic carbocycles. The van der Waals surface area contributed by atoms with Crippen LogP contribution in [0.25, 0.3) is 0 Å². The first-order valence-corrected chi connectivity index (χ1v) is 12.2. The van der Waals surface area contributed by atoms with E-state index in [1.165, 1.54) is 51.4 Å². The van der Waals surface area contributed by atoms with Crippen molar-refractivity contribution in [1.29, 1.82) is 0 Å². The fourth-order valence-corrected chi connectivity index (χ4v) is 7.15. The average Bonchev–Trinajstić information content (AvgIpc) is 3.30. The average molecular weight is 368 g/mol. The lowest BCUT2D eigenvalue weighted by Gasteiger charge is -2.25. The molecule has 3 atom stereocenters. The fraction of sp³-hybridized carbons (Fsp3) is 0.947. The summed E-state index contributed by atoms with van der Waals surface area (Å²) < 4.78 is 23.4. The molecule has 2 heterocycles. The Morgan fingerprint density at radius 3 is 2.20 bits per heavy atom. The van der Waals surface area contributed by atoms with Crippen molar-refractivity contribution in [3.63, 3.8) is 0 Å². The molecule has 0 aromatic heterocycles. The highest BCUT2D eigenvalue weighted by molar-refractivity contribution is 7.91. The predicted molar refractivity (Wildman–Crippen MR) is 101 cm³/mol. The molecule has 4 fully saturated rings. The van der Waals surface area contributed by atoms with Gasteiger partial charge >= 0.3 is 0 Å². The van der Waals surface area contributed by atoms with Crippen molar-refractivity contribution in [1.82, 2.24) is 10.2 Å². The highest BCUT2D eigenvalue weighted by atomic mass is 32.2. The molecule has 1 N–H and O–H groups in total. The Labute approximate surface area is 152 Å². The summed E-state index contributed by atoms with van der Waals surface area (Å²) >= 11 is 0. The van der Waals surface area contributed by atoms with E-state index < -0.39 is 9.84 Å². The summed E-state index contributed by atoms with van der Waals surface area (Å²) in [4.78, 5) is 7.43. The van der Waals surface area contributed by atoms with Crippen LogP contribution in [-0.4, -0.2) is 56.5 Å². The standard InChI is InChI=1S/C19H33N3O2S/c23-25(24)10-9-15(14-25)11-20-19(21-18-7-3-4-8-18)22-12-16-5-1-2-6-17(16)13-22/h15-18H,1-14H2,(H,20,21).